The summed E-state index contributed by atoms with van der Waals surface area (Å²) in [5, 5.41) is 2.22. The Bertz CT molecular complexity index is 1000. The summed E-state index contributed by atoms with van der Waals surface area (Å²) in [5.74, 6) is 0.846. The summed E-state index contributed by atoms with van der Waals surface area (Å²) in [6.07, 6.45) is 15.2. The van der Waals surface area contributed by atoms with Gasteiger partial charge in [-0.2, -0.15) is 0 Å². The van der Waals surface area contributed by atoms with Crippen LogP contribution in [0.15, 0.2) is 72.8 Å². The molecule has 3 rings (SSSR count). The molecule has 0 saturated carbocycles. The van der Waals surface area contributed by atoms with E-state index in [4.69, 9.17) is 4.74 Å². The summed E-state index contributed by atoms with van der Waals surface area (Å²) in [6, 6.07) is 21.9. The average molecular weight is 429 g/mol. The number of fused-ring (bicyclic) bond motifs is 1. The van der Waals surface area contributed by atoms with Gasteiger partial charge in [0.15, 0.2) is 5.78 Å². The molecule has 0 bridgehead atoms. The zero-order valence-corrected chi connectivity index (χ0v) is 19.4. The fraction of sp³-hybridized carbons (Fsp3) is 0.367. The predicted molar refractivity (Wildman–Crippen MR) is 136 cm³/mol. The number of unbranched alkanes of at least 4 members (excludes halogenated alkanes) is 8. The van der Waals surface area contributed by atoms with Crippen LogP contribution in [0, 0.1) is 0 Å². The monoisotopic (exact) mass is 428 g/mol. The van der Waals surface area contributed by atoms with Gasteiger partial charge in [-0.25, -0.2) is 0 Å². The average Bonchev–Trinajstić information content (AvgIpc) is 2.84. The normalized spacial score (nSPS) is 11.3. The Hall–Kier alpha value is -2.87. The molecule has 0 aliphatic carbocycles. The maximum Gasteiger partial charge on any atom is 0.185 e. The molecule has 0 heterocycles. The first-order chi connectivity index (χ1) is 15.8. The van der Waals surface area contributed by atoms with Crippen LogP contribution in [0.5, 0.6) is 5.75 Å². The van der Waals surface area contributed by atoms with Crippen LogP contribution in [0.25, 0.3) is 16.8 Å². The van der Waals surface area contributed by atoms with E-state index in [0.29, 0.717) is 5.56 Å². The molecule has 2 nitrogen and oxygen atoms in total. The molecule has 0 N–H and O–H groups in total. The third kappa shape index (κ3) is 7.67. The molecular weight excluding hydrogens is 392 g/mol. The van der Waals surface area contributed by atoms with E-state index >= 15 is 0 Å². The summed E-state index contributed by atoms with van der Waals surface area (Å²) in [5.41, 5.74) is 1.64. The van der Waals surface area contributed by atoms with Crippen LogP contribution < -0.4 is 4.74 Å². The molecule has 32 heavy (non-hydrogen) atoms. The van der Waals surface area contributed by atoms with E-state index in [1.807, 2.05) is 66.7 Å². The molecule has 3 aromatic carbocycles. The number of benzene rings is 3. The summed E-state index contributed by atoms with van der Waals surface area (Å²) >= 11 is 0. The highest BCUT2D eigenvalue weighted by Crippen LogP contribution is 2.21. The number of carbonyl (C=O) groups is 1. The van der Waals surface area contributed by atoms with Gasteiger partial charge in [0, 0.05) is 11.1 Å². The van der Waals surface area contributed by atoms with E-state index in [9.17, 15) is 4.79 Å². The van der Waals surface area contributed by atoms with Crippen molar-refractivity contribution in [1.82, 2.24) is 0 Å². The van der Waals surface area contributed by atoms with Crippen LogP contribution in [0.3, 0.4) is 0 Å². The first-order valence-electron chi connectivity index (χ1n) is 12.2. The molecular formula is C30H36O2. The summed E-state index contributed by atoms with van der Waals surface area (Å²) in [7, 11) is 0. The second-order valence-electron chi connectivity index (χ2n) is 8.47. The predicted octanol–water partition coefficient (Wildman–Crippen LogP) is 8.65. The Morgan fingerprint density at radius 3 is 2.19 bits per heavy atom. The molecule has 2 heteroatoms. The highest BCUT2D eigenvalue weighted by molar-refractivity contribution is 6.08. The zero-order valence-electron chi connectivity index (χ0n) is 19.4. The second kappa shape index (κ2) is 13.5. The molecule has 0 saturated heterocycles. The molecule has 0 aliphatic rings. The lowest BCUT2D eigenvalue weighted by atomic mass is 10.0. The molecule has 0 fully saturated rings. The number of ether oxygens (including phenoxy) is 1. The molecule has 0 aromatic heterocycles. The zero-order chi connectivity index (χ0) is 22.4. The maximum absolute atomic E-state index is 12.7. The van der Waals surface area contributed by atoms with Crippen LogP contribution >= 0.6 is 0 Å². The molecule has 168 valence electrons. The lowest BCUT2D eigenvalue weighted by Crippen LogP contribution is -1.99. The van der Waals surface area contributed by atoms with Crippen molar-refractivity contribution in [3.8, 4) is 5.75 Å². The van der Waals surface area contributed by atoms with Crippen LogP contribution in [0.4, 0.5) is 0 Å². The number of carbonyl (C=O) groups excluding carboxylic acids is 1. The number of ketones is 1. The highest BCUT2D eigenvalue weighted by atomic mass is 16.5. The van der Waals surface area contributed by atoms with Crippen LogP contribution in [-0.2, 0) is 0 Å². The van der Waals surface area contributed by atoms with Gasteiger partial charge in [0.05, 0.1) is 6.61 Å². The maximum atomic E-state index is 12.7. The topological polar surface area (TPSA) is 26.3 Å². The fourth-order valence-electron chi connectivity index (χ4n) is 3.95. The Morgan fingerprint density at radius 1 is 0.750 bits per heavy atom. The Labute approximate surface area is 193 Å². The van der Waals surface area contributed by atoms with Gasteiger partial charge in [0.25, 0.3) is 0 Å². The molecule has 0 unspecified atom stereocenters. The summed E-state index contributed by atoms with van der Waals surface area (Å²) < 4.78 is 6.03. The standard InChI is InChI=1S/C30H36O2/c1-2-3-4-5-6-7-8-9-14-23-32-30-18-13-12-16-26(30)21-22-29(31)28-20-19-25-15-10-11-17-27(25)24-28/h10-13,15-22,24H,2-9,14,23H2,1H3. The fourth-order valence-corrected chi connectivity index (χ4v) is 3.95. The summed E-state index contributed by atoms with van der Waals surface area (Å²) in [6.45, 7) is 2.98. The minimum absolute atomic E-state index is 0.00416. The third-order valence-corrected chi connectivity index (χ3v) is 5.87. The first kappa shape index (κ1) is 23.8. The van der Waals surface area contributed by atoms with Crippen molar-refractivity contribution in [2.75, 3.05) is 6.61 Å². The van der Waals surface area contributed by atoms with E-state index in [2.05, 4.69) is 13.0 Å². The Kier molecular flexibility index (Phi) is 10.1. The van der Waals surface area contributed by atoms with E-state index < -0.39 is 0 Å². The highest BCUT2D eigenvalue weighted by Gasteiger charge is 2.05. The van der Waals surface area contributed by atoms with E-state index in [0.717, 1.165) is 35.1 Å². The minimum Gasteiger partial charge on any atom is -0.493 e. The SMILES string of the molecule is CCCCCCCCCCCOc1ccccc1C=CC(=O)c1ccc2ccccc2c1. The van der Waals surface area contributed by atoms with Gasteiger partial charge >= 0.3 is 0 Å². The first-order valence-corrected chi connectivity index (χ1v) is 12.2. The van der Waals surface area contributed by atoms with Crippen molar-refractivity contribution in [3.63, 3.8) is 0 Å². The van der Waals surface area contributed by atoms with Crippen molar-refractivity contribution < 1.29 is 9.53 Å². The smallest absolute Gasteiger partial charge is 0.185 e. The largest absolute Gasteiger partial charge is 0.493 e. The Morgan fingerprint density at radius 2 is 1.41 bits per heavy atom. The van der Waals surface area contributed by atoms with Crippen molar-refractivity contribution in [2.24, 2.45) is 0 Å². The van der Waals surface area contributed by atoms with Gasteiger partial charge in [0.2, 0.25) is 0 Å². The van der Waals surface area contributed by atoms with E-state index in [1.165, 1.54) is 51.4 Å². The molecule has 0 aliphatic heterocycles. The number of hydrogen-bond acceptors (Lipinski definition) is 2. The number of para-hydroxylation sites is 1. The lowest BCUT2D eigenvalue weighted by Gasteiger charge is -2.09. The van der Waals surface area contributed by atoms with Gasteiger partial charge in [-0.1, -0.05) is 113 Å². The van der Waals surface area contributed by atoms with Gasteiger partial charge in [-0.05, 0) is 41.5 Å². The number of allylic oxidation sites excluding steroid dienone is 1. The Balaban J connectivity index is 1.46. The van der Waals surface area contributed by atoms with Crippen molar-refractivity contribution in [3.05, 3.63) is 83.9 Å². The number of rotatable bonds is 14. The van der Waals surface area contributed by atoms with Gasteiger partial charge < -0.3 is 4.74 Å². The van der Waals surface area contributed by atoms with Crippen LogP contribution in [-0.4, -0.2) is 12.4 Å². The molecule has 0 atom stereocenters. The van der Waals surface area contributed by atoms with Crippen LogP contribution in [0.2, 0.25) is 0 Å². The van der Waals surface area contributed by atoms with Crippen molar-refractivity contribution >= 4 is 22.6 Å². The molecule has 0 radical (unpaired) electrons. The van der Waals surface area contributed by atoms with E-state index in [-0.39, 0.29) is 5.78 Å². The van der Waals surface area contributed by atoms with Gasteiger partial charge in [-0.15, -0.1) is 0 Å². The lowest BCUT2D eigenvalue weighted by molar-refractivity contribution is 0.104. The molecule has 0 amide bonds. The quantitative estimate of drug-likeness (QED) is 0.146. The molecule has 0 spiro atoms. The van der Waals surface area contributed by atoms with Crippen LogP contribution in [0.1, 0.15) is 80.6 Å². The van der Waals surface area contributed by atoms with Gasteiger partial charge in [-0.3, -0.25) is 4.79 Å². The third-order valence-electron chi connectivity index (χ3n) is 5.87. The van der Waals surface area contributed by atoms with Gasteiger partial charge in [0.1, 0.15) is 5.75 Å². The van der Waals surface area contributed by atoms with Crippen molar-refractivity contribution in [2.45, 2.75) is 64.7 Å². The molecule has 3 aromatic rings. The minimum atomic E-state index is 0.00416. The summed E-state index contributed by atoms with van der Waals surface area (Å²) in [4.78, 5) is 12.7. The second-order valence-corrected chi connectivity index (χ2v) is 8.47. The van der Waals surface area contributed by atoms with Crippen molar-refractivity contribution in [1.29, 1.82) is 0 Å². The van der Waals surface area contributed by atoms with E-state index in [1.54, 1.807) is 6.08 Å². The number of hydrogen-bond donors (Lipinski definition) is 0.